The lowest BCUT2D eigenvalue weighted by molar-refractivity contribution is 0.131. The maximum absolute atomic E-state index is 12.7. The van der Waals surface area contributed by atoms with Crippen LogP contribution >= 0.6 is 0 Å². The average molecular weight is 292 g/mol. The van der Waals surface area contributed by atoms with Gasteiger partial charge >= 0.3 is 0 Å². The summed E-state index contributed by atoms with van der Waals surface area (Å²) in [6.07, 6.45) is 1.71. The zero-order valence-corrected chi connectivity index (χ0v) is 11.8. The Morgan fingerprint density at radius 2 is 1.70 bits per heavy atom. The second-order valence-electron chi connectivity index (χ2n) is 5.31. The van der Waals surface area contributed by atoms with Crippen LogP contribution in [0.1, 0.15) is 18.4 Å². The SMILES string of the molecule is N#Cc1ccc(S(=O)(=O)N2C3CCC2CN(N)C3)cc1. The van der Waals surface area contributed by atoms with Gasteiger partial charge in [-0.25, -0.2) is 13.4 Å². The second kappa shape index (κ2) is 4.82. The average Bonchev–Trinajstić information content (AvgIpc) is 2.72. The van der Waals surface area contributed by atoms with Crippen LogP contribution in [0.3, 0.4) is 0 Å². The van der Waals surface area contributed by atoms with Crippen LogP contribution in [0.4, 0.5) is 0 Å². The molecule has 0 saturated carbocycles. The molecule has 2 aliphatic rings. The van der Waals surface area contributed by atoms with Gasteiger partial charge in [-0.05, 0) is 37.1 Å². The maximum Gasteiger partial charge on any atom is 0.243 e. The normalized spacial score (nSPS) is 27.4. The van der Waals surface area contributed by atoms with Crippen LogP contribution in [0.2, 0.25) is 0 Å². The highest BCUT2D eigenvalue weighted by atomic mass is 32.2. The van der Waals surface area contributed by atoms with Crippen molar-refractivity contribution in [2.45, 2.75) is 29.8 Å². The van der Waals surface area contributed by atoms with Crippen LogP contribution in [-0.4, -0.2) is 42.9 Å². The van der Waals surface area contributed by atoms with E-state index in [1.165, 1.54) is 24.3 Å². The molecule has 2 fully saturated rings. The number of nitriles is 1. The van der Waals surface area contributed by atoms with Crippen LogP contribution in [0.15, 0.2) is 29.2 Å². The largest absolute Gasteiger partial charge is 0.269 e. The standard InChI is InChI=1S/C13H16N4O2S/c14-7-10-1-5-13(6-2-10)20(18,19)17-11-3-4-12(17)9-16(15)8-11/h1-2,5-6,11-12H,3-4,8-9,15H2. The van der Waals surface area contributed by atoms with Crippen molar-refractivity contribution in [3.05, 3.63) is 29.8 Å². The van der Waals surface area contributed by atoms with Gasteiger partial charge in [-0.3, -0.25) is 5.84 Å². The summed E-state index contributed by atoms with van der Waals surface area (Å²) in [5.41, 5.74) is 0.457. The Kier molecular flexibility index (Phi) is 3.26. The van der Waals surface area contributed by atoms with E-state index in [-0.39, 0.29) is 17.0 Å². The van der Waals surface area contributed by atoms with Crippen molar-refractivity contribution in [2.75, 3.05) is 13.1 Å². The Morgan fingerprint density at radius 1 is 1.15 bits per heavy atom. The minimum atomic E-state index is -3.50. The van der Waals surface area contributed by atoms with Gasteiger partial charge in [0.25, 0.3) is 0 Å². The summed E-state index contributed by atoms with van der Waals surface area (Å²) in [6, 6.07) is 7.98. The molecule has 2 N–H and O–H groups in total. The topological polar surface area (TPSA) is 90.4 Å². The Bertz CT molecular complexity index is 636. The van der Waals surface area contributed by atoms with E-state index in [2.05, 4.69) is 0 Å². The molecule has 7 heteroatoms. The molecule has 6 nitrogen and oxygen atoms in total. The van der Waals surface area contributed by atoms with Gasteiger partial charge in [-0.15, -0.1) is 0 Å². The second-order valence-corrected chi connectivity index (χ2v) is 7.15. The molecule has 0 amide bonds. The van der Waals surface area contributed by atoms with E-state index < -0.39 is 10.0 Å². The van der Waals surface area contributed by atoms with E-state index >= 15 is 0 Å². The number of nitrogens with two attached hydrogens (primary N) is 1. The van der Waals surface area contributed by atoms with Gasteiger partial charge in [0.1, 0.15) is 0 Å². The molecule has 0 spiro atoms. The molecular weight excluding hydrogens is 276 g/mol. The fraction of sp³-hybridized carbons (Fsp3) is 0.462. The van der Waals surface area contributed by atoms with Crippen molar-refractivity contribution in [2.24, 2.45) is 5.84 Å². The number of nitrogens with zero attached hydrogens (tertiary/aromatic N) is 3. The minimum absolute atomic E-state index is 0.0422. The molecule has 2 saturated heterocycles. The lowest BCUT2D eigenvalue weighted by Crippen LogP contribution is -2.57. The highest BCUT2D eigenvalue weighted by molar-refractivity contribution is 7.89. The molecule has 2 heterocycles. The van der Waals surface area contributed by atoms with Crippen molar-refractivity contribution in [3.63, 3.8) is 0 Å². The first-order valence-electron chi connectivity index (χ1n) is 6.56. The van der Waals surface area contributed by atoms with Gasteiger partial charge in [0.2, 0.25) is 10.0 Å². The highest BCUT2D eigenvalue weighted by Gasteiger charge is 2.46. The number of rotatable bonds is 2. The van der Waals surface area contributed by atoms with E-state index in [1.54, 1.807) is 9.31 Å². The Balaban J connectivity index is 1.94. The third-order valence-corrected chi connectivity index (χ3v) is 6.02. The van der Waals surface area contributed by atoms with E-state index in [4.69, 9.17) is 11.1 Å². The number of hydrogen-bond donors (Lipinski definition) is 1. The van der Waals surface area contributed by atoms with E-state index in [0.29, 0.717) is 18.7 Å². The number of hydrazine groups is 1. The maximum atomic E-state index is 12.7. The van der Waals surface area contributed by atoms with Crippen molar-refractivity contribution < 1.29 is 8.42 Å². The Morgan fingerprint density at radius 3 is 2.20 bits per heavy atom. The monoisotopic (exact) mass is 292 g/mol. The molecule has 3 rings (SSSR count). The van der Waals surface area contributed by atoms with Gasteiger partial charge in [-0.2, -0.15) is 9.57 Å². The van der Waals surface area contributed by atoms with Crippen molar-refractivity contribution in [3.8, 4) is 6.07 Å². The molecular formula is C13H16N4O2S. The van der Waals surface area contributed by atoms with Crippen LogP contribution < -0.4 is 5.84 Å². The summed E-state index contributed by atoms with van der Waals surface area (Å²) in [5, 5.41) is 10.5. The first kappa shape index (κ1) is 13.5. The molecule has 2 aliphatic heterocycles. The molecule has 0 aliphatic carbocycles. The number of fused-ring (bicyclic) bond motifs is 2. The van der Waals surface area contributed by atoms with Crippen molar-refractivity contribution in [1.82, 2.24) is 9.31 Å². The van der Waals surface area contributed by atoms with Crippen molar-refractivity contribution >= 4 is 10.0 Å². The quantitative estimate of drug-likeness (QED) is 0.790. The summed E-state index contributed by atoms with van der Waals surface area (Å²) >= 11 is 0. The first-order chi connectivity index (χ1) is 9.52. The van der Waals surface area contributed by atoms with Crippen molar-refractivity contribution in [1.29, 1.82) is 5.26 Å². The van der Waals surface area contributed by atoms with E-state index in [1.807, 2.05) is 6.07 Å². The third-order valence-electron chi connectivity index (χ3n) is 4.00. The van der Waals surface area contributed by atoms with E-state index in [9.17, 15) is 8.42 Å². The summed E-state index contributed by atoms with van der Waals surface area (Å²) in [4.78, 5) is 0.249. The molecule has 0 radical (unpaired) electrons. The molecule has 2 atom stereocenters. The lowest BCUT2D eigenvalue weighted by atomic mass is 10.2. The number of piperazine rings is 1. The zero-order chi connectivity index (χ0) is 14.3. The lowest BCUT2D eigenvalue weighted by Gasteiger charge is -2.37. The number of benzene rings is 1. The van der Waals surface area contributed by atoms with Crippen LogP contribution in [0.5, 0.6) is 0 Å². The van der Waals surface area contributed by atoms with Gasteiger partial charge in [0.15, 0.2) is 0 Å². The molecule has 0 aromatic heterocycles. The molecule has 1 aromatic rings. The minimum Gasteiger partial charge on any atom is -0.269 e. The molecule has 106 valence electrons. The van der Waals surface area contributed by atoms with E-state index in [0.717, 1.165) is 12.8 Å². The summed E-state index contributed by atoms with van der Waals surface area (Å²) in [5.74, 6) is 5.81. The Labute approximate surface area is 118 Å². The van der Waals surface area contributed by atoms with Crippen LogP contribution in [0.25, 0.3) is 0 Å². The summed E-state index contributed by atoms with van der Waals surface area (Å²) in [6.45, 7) is 1.15. The molecule has 2 bridgehead atoms. The zero-order valence-electron chi connectivity index (χ0n) is 10.9. The predicted molar refractivity (Wildman–Crippen MR) is 72.8 cm³/mol. The third kappa shape index (κ3) is 2.11. The number of sulfonamides is 1. The van der Waals surface area contributed by atoms with Gasteiger partial charge < -0.3 is 0 Å². The van der Waals surface area contributed by atoms with Gasteiger partial charge in [0.05, 0.1) is 16.5 Å². The van der Waals surface area contributed by atoms with Gasteiger partial charge in [-0.1, -0.05) is 0 Å². The predicted octanol–water partition coefficient (Wildman–Crippen LogP) is 0.269. The van der Waals surface area contributed by atoms with Crippen LogP contribution in [-0.2, 0) is 10.0 Å². The summed E-state index contributed by atoms with van der Waals surface area (Å²) < 4.78 is 27.1. The molecule has 1 aromatic carbocycles. The fourth-order valence-corrected chi connectivity index (χ4v) is 4.97. The smallest absolute Gasteiger partial charge is 0.243 e. The fourth-order valence-electron chi connectivity index (χ4n) is 3.11. The number of hydrogen-bond acceptors (Lipinski definition) is 5. The van der Waals surface area contributed by atoms with Gasteiger partial charge in [0, 0.05) is 25.2 Å². The Hall–Kier alpha value is -1.46. The highest BCUT2D eigenvalue weighted by Crippen LogP contribution is 2.34. The molecule has 20 heavy (non-hydrogen) atoms. The first-order valence-corrected chi connectivity index (χ1v) is 8.00. The molecule has 2 unspecified atom stereocenters. The summed E-state index contributed by atoms with van der Waals surface area (Å²) in [7, 11) is -3.50. The van der Waals surface area contributed by atoms with Crippen LogP contribution in [0, 0.1) is 11.3 Å².